The number of nitro benzene ring substituents is 1. The van der Waals surface area contributed by atoms with E-state index < -0.39 is 4.92 Å². The summed E-state index contributed by atoms with van der Waals surface area (Å²) in [5.74, 6) is 2.27. The maximum absolute atomic E-state index is 11.6. The van der Waals surface area contributed by atoms with Crippen molar-refractivity contribution in [3.63, 3.8) is 0 Å². The van der Waals surface area contributed by atoms with Gasteiger partial charge in [-0.25, -0.2) is 4.98 Å². The van der Waals surface area contributed by atoms with Crippen LogP contribution in [0.25, 0.3) is 0 Å². The molecule has 0 spiro atoms. The van der Waals surface area contributed by atoms with Crippen LogP contribution in [0, 0.1) is 10.1 Å². The van der Waals surface area contributed by atoms with Crippen LogP contribution in [0.15, 0.2) is 40.3 Å². The van der Waals surface area contributed by atoms with Crippen molar-refractivity contribution in [1.29, 1.82) is 0 Å². The van der Waals surface area contributed by atoms with Gasteiger partial charge in [-0.05, 0) is 11.3 Å². The largest absolute Gasteiger partial charge is 0.301 e. The van der Waals surface area contributed by atoms with Crippen molar-refractivity contribution in [3.8, 4) is 0 Å². The Morgan fingerprint density at radius 1 is 1.27 bits per heavy atom. The predicted molar refractivity (Wildman–Crippen MR) is 89.4 cm³/mol. The van der Waals surface area contributed by atoms with Crippen LogP contribution < -0.4 is 5.56 Å². The first-order chi connectivity index (χ1) is 10.6. The Morgan fingerprint density at radius 3 is 2.64 bits per heavy atom. The van der Waals surface area contributed by atoms with Crippen LogP contribution in [0.1, 0.15) is 18.2 Å². The summed E-state index contributed by atoms with van der Waals surface area (Å²) in [7, 11) is 0. The van der Waals surface area contributed by atoms with Crippen LogP contribution in [0.3, 0.4) is 0 Å². The summed E-state index contributed by atoms with van der Waals surface area (Å²) < 4.78 is 0. The zero-order chi connectivity index (χ0) is 15.9. The minimum Gasteiger partial charge on any atom is -0.301 e. The van der Waals surface area contributed by atoms with E-state index in [1.807, 2.05) is 0 Å². The number of nitro groups is 1. The fourth-order valence-electron chi connectivity index (χ4n) is 1.70. The predicted octanol–water partition coefficient (Wildman–Crippen LogP) is 3.22. The number of nitrogens with one attached hydrogen (secondary N) is 1. The fourth-order valence-corrected chi connectivity index (χ4v) is 3.11. The van der Waals surface area contributed by atoms with Crippen molar-refractivity contribution in [2.75, 3.05) is 5.75 Å². The molecule has 0 saturated carbocycles. The highest BCUT2D eigenvalue weighted by atomic mass is 32.2. The zero-order valence-corrected chi connectivity index (χ0v) is 13.6. The minimum atomic E-state index is -0.426. The van der Waals surface area contributed by atoms with Crippen LogP contribution in [0.2, 0.25) is 0 Å². The third-order valence-electron chi connectivity index (χ3n) is 2.75. The number of nitrogens with zero attached hydrogens (tertiary/aromatic N) is 2. The van der Waals surface area contributed by atoms with Gasteiger partial charge < -0.3 is 4.98 Å². The third-order valence-corrected chi connectivity index (χ3v) is 4.60. The van der Waals surface area contributed by atoms with Crippen LogP contribution >= 0.6 is 23.5 Å². The molecule has 0 aliphatic carbocycles. The van der Waals surface area contributed by atoms with Gasteiger partial charge in [0.2, 0.25) is 0 Å². The molecule has 6 nitrogen and oxygen atoms in total. The van der Waals surface area contributed by atoms with Gasteiger partial charge in [0.15, 0.2) is 5.16 Å². The van der Waals surface area contributed by atoms with Crippen molar-refractivity contribution in [2.45, 2.75) is 23.6 Å². The second kappa shape index (κ2) is 8.00. The number of non-ortho nitro benzene ring substituents is 1. The normalized spacial score (nSPS) is 10.6. The van der Waals surface area contributed by atoms with E-state index in [1.165, 1.54) is 30.0 Å². The third kappa shape index (κ3) is 4.88. The van der Waals surface area contributed by atoms with Gasteiger partial charge in [-0.2, -0.15) is 11.8 Å². The maximum Gasteiger partial charge on any atom is 0.269 e. The molecular weight excluding hydrogens is 322 g/mol. The first-order valence-electron chi connectivity index (χ1n) is 6.62. The lowest BCUT2D eigenvalue weighted by atomic mass is 10.2. The van der Waals surface area contributed by atoms with E-state index in [2.05, 4.69) is 16.9 Å². The molecule has 0 aliphatic rings. The summed E-state index contributed by atoms with van der Waals surface area (Å²) in [6.45, 7) is 2.06. The number of rotatable bonds is 7. The molecule has 0 unspecified atom stereocenters. The summed E-state index contributed by atoms with van der Waals surface area (Å²) in [5.41, 5.74) is 1.61. The van der Waals surface area contributed by atoms with Crippen LogP contribution in [0.5, 0.6) is 0 Å². The molecular formula is C14H15N3O3S2. The lowest BCUT2D eigenvalue weighted by molar-refractivity contribution is -0.384. The average Bonchev–Trinajstić information content (AvgIpc) is 2.51. The molecule has 1 N–H and O–H groups in total. The number of benzene rings is 1. The fraction of sp³-hybridized carbons (Fsp3) is 0.286. The second-order valence-electron chi connectivity index (χ2n) is 4.39. The molecule has 0 fully saturated rings. The molecule has 22 heavy (non-hydrogen) atoms. The smallest absolute Gasteiger partial charge is 0.269 e. The average molecular weight is 337 g/mol. The molecule has 1 heterocycles. The van der Waals surface area contributed by atoms with Crippen LogP contribution in [0.4, 0.5) is 5.69 Å². The van der Waals surface area contributed by atoms with E-state index in [1.54, 1.807) is 23.9 Å². The van der Waals surface area contributed by atoms with Gasteiger partial charge in [0.25, 0.3) is 11.2 Å². The number of aromatic amines is 1. The molecule has 0 amide bonds. The summed E-state index contributed by atoms with van der Waals surface area (Å²) in [6.07, 6.45) is 0. The van der Waals surface area contributed by atoms with Gasteiger partial charge in [-0.1, -0.05) is 30.8 Å². The van der Waals surface area contributed by atoms with Crippen molar-refractivity contribution < 1.29 is 4.92 Å². The SMILES string of the molecule is CCSCc1cc(=O)[nH]c(SCc2ccc([N+](=O)[O-])cc2)n1. The summed E-state index contributed by atoms with van der Waals surface area (Å²) in [5, 5.41) is 11.2. The first-order valence-corrected chi connectivity index (χ1v) is 8.76. The summed E-state index contributed by atoms with van der Waals surface area (Å²) >= 11 is 3.11. The number of aromatic nitrogens is 2. The molecule has 8 heteroatoms. The molecule has 0 saturated heterocycles. The molecule has 0 bridgehead atoms. The molecule has 1 aromatic heterocycles. The monoisotopic (exact) mass is 337 g/mol. The van der Waals surface area contributed by atoms with Crippen molar-refractivity contribution in [1.82, 2.24) is 9.97 Å². The van der Waals surface area contributed by atoms with Crippen LogP contribution in [-0.4, -0.2) is 20.6 Å². The maximum atomic E-state index is 11.6. The van der Waals surface area contributed by atoms with E-state index in [4.69, 9.17) is 0 Å². The topological polar surface area (TPSA) is 88.9 Å². The molecule has 0 aliphatic heterocycles. The molecule has 0 atom stereocenters. The first kappa shape index (κ1) is 16.6. The Labute approximate surface area is 135 Å². The summed E-state index contributed by atoms with van der Waals surface area (Å²) in [4.78, 5) is 28.9. The van der Waals surface area contributed by atoms with Gasteiger partial charge in [0, 0.05) is 29.7 Å². The Kier molecular flexibility index (Phi) is 6.02. The highest BCUT2D eigenvalue weighted by Crippen LogP contribution is 2.21. The van der Waals surface area contributed by atoms with Gasteiger partial charge >= 0.3 is 0 Å². The highest BCUT2D eigenvalue weighted by Gasteiger charge is 2.06. The number of thioether (sulfide) groups is 2. The lowest BCUT2D eigenvalue weighted by Crippen LogP contribution is -2.09. The molecule has 0 radical (unpaired) electrons. The van der Waals surface area contributed by atoms with Crippen molar-refractivity contribution in [3.05, 3.63) is 62.1 Å². The second-order valence-corrected chi connectivity index (χ2v) is 6.63. The van der Waals surface area contributed by atoms with E-state index >= 15 is 0 Å². The standard InChI is InChI=1S/C14H15N3O3S2/c1-2-21-9-11-7-13(18)16-14(15-11)22-8-10-3-5-12(6-4-10)17(19)20/h3-7H,2,8-9H2,1H3,(H,15,16,18). The Balaban J connectivity index is 2.02. The Bertz CT molecular complexity index is 701. The minimum absolute atomic E-state index is 0.0684. The van der Waals surface area contributed by atoms with Crippen molar-refractivity contribution in [2.24, 2.45) is 0 Å². The van der Waals surface area contributed by atoms with Gasteiger partial charge in [0.05, 0.1) is 10.6 Å². The quantitative estimate of drug-likeness (QED) is 0.361. The zero-order valence-electron chi connectivity index (χ0n) is 11.9. The van der Waals surface area contributed by atoms with E-state index in [0.29, 0.717) is 16.7 Å². The molecule has 1 aromatic carbocycles. The Hall–Kier alpha value is -1.80. The Morgan fingerprint density at radius 2 is 2.00 bits per heavy atom. The molecule has 2 aromatic rings. The number of hydrogen-bond donors (Lipinski definition) is 1. The van der Waals surface area contributed by atoms with E-state index in [0.717, 1.165) is 17.0 Å². The summed E-state index contributed by atoms with van der Waals surface area (Å²) in [6, 6.07) is 7.87. The molecule has 116 valence electrons. The molecule has 2 rings (SSSR count). The van der Waals surface area contributed by atoms with E-state index in [-0.39, 0.29) is 11.2 Å². The van der Waals surface area contributed by atoms with Crippen LogP contribution in [-0.2, 0) is 11.5 Å². The van der Waals surface area contributed by atoms with Crippen molar-refractivity contribution >= 4 is 29.2 Å². The number of hydrogen-bond acceptors (Lipinski definition) is 6. The highest BCUT2D eigenvalue weighted by molar-refractivity contribution is 7.98. The lowest BCUT2D eigenvalue weighted by Gasteiger charge is -2.04. The van der Waals surface area contributed by atoms with Gasteiger partial charge in [-0.15, -0.1) is 0 Å². The number of H-pyrrole nitrogens is 1. The van der Waals surface area contributed by atoms with Gasteiger partial charge in [-0.3, -0.25) is 14.9 Å². The van der Waals surface area contributed by atoms with Gasteiger partial charge in [0.1, 0.15) is 0 Å². The van der Waals surface area contributed by atoms with E-state index in [9.17, 15) is 14.9 Å².